The first-order valence-corrected chi connectivity index (χ1v) is 6.34. The summed E-state index contributed by atoms with van der Waals surface area (Å²) in [4.78, 5) is 11.2. The van der Waals surface area contributed by atoms with Crippen LogP contribution in [0.5, 0.6) is 0 Å². The predicted octanol–water partition coefficient (Wildman–Crippen LogP) is 1.84. The van der Waals surface area contributed by atoms with Crippen LogP contribution in [-0.2, 0) is 4.79 Å². The molecule has 1 aromatic rings. The van der Waals surface area contributed by atoms with E-state index in [1.165, 1.54) is 5.56 Å². The molecule has 3 N–H and O–H groups in total. The van der Waals surface area contributed by atoms with E-state index in [0.717, 1.165) is 5.56 Å². The number of rotatable bonds is 3. The average molecular weight is 248 g/mol. The normalized spacial score (nSPS) is 27.7. The van der Waals surface area contributed by atoms with Crippen molar-refractivity contribution >= 4 is 5.97 Å². The molecule has 1 saturated heterocycles. The Labute approximate surface area is 107 Å². The molecule has 1 aromatic carbocycles. The van der Waals surface area contributed by atoms with Crippen molar-refractivity contribution in [3.8, 4) is 0 Å². The van der Waals surface area contributed by atoms with Crippen molar-refractivity contribution in [3.63, 3.8) is 0 Å². The van der Waals surface area contributed by atoms with Crippen LogP contribution in [0.2, 0.25) is 0 Å². The van der Waals surface area contributed by atoms with Crippen molar-refractivity contribution in [2.45, 2.75) is 44.7 Å². The molecule has 4 heteroatoms. The molecule has 1 aliphatic heterocycles. The van der Waals surface area contributed by atoms with Crippen LogP contribution in [0.25, 0.3) is 0 Å². The molecule has 0 bridgehead atoms. The van der Waals surface area contributed by atoms with Gasteiger partial charge in [0.1, 0.15) is 6.04 Å². The van der Waals surface area contributed by atoms with Crippen molar-refractivity contribution in [2.24, 2.45) is 0 Å². The molecule has 98 valence electrons. The first-order chi connectivity index (χ1) is 8.50. The van der Waals surface area contributed by atoms with Crippen LogP contribution in [0.4, 0.5) is 0 Å². The van der Waals surface area contributed by atoms with E-state index in [9.17, 15) is 9.90 Å². The van der Waals surface area contributed by atoms with Crippen molar-refractivity contribution < 1.29 is 9.90 Å². The highest BCUT2D eigenvalue weighted by Crippen LogP contribution is 2.28. The Bertz CT molecular complexity index is 428. The van der Waals surface area contributed by atoms with E-state index in [-0.39, 0.29) is 12.0 Å². The molecule has 3 unspecified atom stereocenters. The summed E-state index contributed by atoms with van der Waals surface area (Å²) in [6.45, 7) is 6.30. The van der Waals surface area contributed by atoms with Gasteiger partial charge in [-0.25, -0.2) is 5.43 Å². The standard InChI is InChI=1S/C14H20N2O2/c1-8(2)10-4-6-11(7-5-10)12-9(3)15-16-13(12)14(17)18/h4-9,12-13,15-16H,1-3H3,(H,17,18). The fourth-order valence-electron chi connectivity index (χ4n) is 2.49. The second kappa shape index (κ2) is 5.08. The lowest BCUT2D eigenvalue weighted by atomic mass is 9.87. The number of hydrogen-bond acceptors (Lipinski definition) is 3. The van der Waals surface area contributed by atoms with Gasteiger partial charge in [-0.05, 0) is 24.0 Å². The van der Waals surface area contributed by atoms with Gasteiger partial charge in [-0.2, -0.15) is 0 Å². The SMILES string of the molecule is CC(C)c1ccc(C2C(C)NNC2C(=O)O)cc1. The molecular weight excluding hydrogens is 228 g/mol. The Hall–Kier alpha value is -1.39. The number of hydrogen-bond donors (Lipinski definition) is 3. The highest BCUT2D eigenvalue weighted by Gasteiger charge is 2.38. The Morgan fingerprint density at radius 3 is 2.33 bits per heavy atom. The molecule has 0 amide bonds. The van der Waals surface area contributed by atoms with E-state index in [1.807, 2.05) is 19.1 Å². The third-order valence-corrected chi connectivity index (χ3v) is 3.62. The minimum absolute atomic E-state index is 0.0382. The smallest absolute Gasteiger partial charge is 0.322 e. The number of carboxylic acid groups (broad SMARTS) is 1. The summed E-state index contributed by atoms with van der Waals surface area (Å²) < 4.78 is 0. The monoisotopic (exact) mass is 248 g/mol. The van der Waals surface area contributed by atoms with Gasteiger partial charge < -0.3 is 5.11 Å². The molecule has 18 heavy (non-hydrogen) atoms. The number of carbonyl (C=O) groups is 1. The summed E-state index contributed by atoms with van der Waals surface area (Å²) in [5.41, 5.74) is 8.19. The van der Waals surface area contributed by atoms with Gasteiger partial charge >= 0.3 is 5.97 Å². The molecule has 0 aliphatic carbocycles. The van der Waals surface area contributed by atoms with Gasteiger partial charge in [-0.3, -0.25) is 10.2 Å². The van der Waals surface area contributed by atoms with Crippen LogP contribution in [0, 0.1) is 0 Å². The van der Waals surface area contributed by atoms with Gasteiger partial charge in [-0.15, -0.1) is 0 Å². The number of nitrogens with one attached hydrogen (secondary N) is 2. The molecule has 0 aromatic heterocycles. The van der Waals surface area contributed by atoms with Crippen molar-refractivity contribution in [3.05, 3.63) is 35.4 Å². The lowest BCUT2D eigenvalue weighted by Gasteiger charge is -2.19. The number of aliphatic carboxylic acids is 1. The summed E-state index contributed by atoms with van der Waals surface area (Å²) >= 11 is 0. The van der Waals surface area contributed by atoms with Crippen LogP contribution in [0.3, 0.4) is 0 Å². The molecule has 3 atom stereocenters. The maximum atomic E-state index is 11.2. The van der Waals surface area contributed by atoms with Crippen LogP contribution in [0.15, 0.2) is 24.3 Å². The highest BCUT2D eigenvalue weighted by molar-refractivity contribution is 5.75. The topological polar surface area (TPSA) is 61.4 Å². The first kappa shape index (κ1) is 13.1. The van der Waals surface area contributed by atoms with Gasteiger partial charge in [0, 0.05) is 12.0 Å². The molecule has 0 saturated carbocycles. The van der Waals surface area contributed by atoms with E-state index < -0.39 is 12.0 Å². The lowest BCUT2D eigenvalue weighted by molar-refractivity contribution is -0.139. The van der Waals surface area contributed by atoms with Gasteiger partial charge in [0.2, 0.25) is 0 Å². The highest BCUT2D eigenvalue weighted by atomic mass is 16.4. The summed E-state index contributed by atoms with van der Waals surface area (Å²) in [6.07, 6.45) is 0. The minimum Gasteiger partial charge on any atom is -0.480 e. The zero-order chi connectivity index (χ0) is 13.3. The molecule has 1 fully saturated rings. The zero-order valence-electron chi connectivity index (χ0n) is 11.0. The number of carboxylic acids is 1. The van der Waals surface area contributed by atoms with E-state index in [4.69, 9.17) is 0 Å². The molecule has 2 rings (SSSR count). The Balaban J connectivity index is 2.26. The van der Waals surface area contributed by atoms with Crippen LogP contribution in [-0.4, -0.2) is 23.2 Å². The fourth-order valence-corrected chi connectivity index (χ4v) is 2.49. The van der Waals surface area contributed by atoms with Gasteiger partial charge in [-0.1, -0.05) is 38.1 Å². The first-order valence-electron chi connectivity index (χ1n) is 6.34. The second-order valence-electron chi connectivity index (χ2n) is 5.24. The molecule has 4 nitrogen and oxygen atoms in total. The maximum Gasteiger partial charge on any atom is 0.322 e. The average Bonchev–Trinajstić information content (AvgIpc) is 2.71. The largest absolute Gasteiger partial charge is 0.480 e. The van der Waals surface area contributed by atoms with Gasteiger partial charge in [0.25, 0.3) is 0 Å². The summed E-state index contributed by atoms with van der Waals surface area (Å²) in [6, 6.07) is 7.80. The summed E-state index contributed by atoms with van der Waals surface area (Å²) in [5.74, 6) is -0.361. The van der Waals surface area contributed by atoms with Crippen LogP contribution < -0.4 is 10.9 Å². The number of hydrazine groups is 1. The molecular formula is C14H20N2O2. The lowest BCUT2D eigenvalue weighted by Crippen LogP contribution is -2.38. The summed E-state index contributed by atoms with van der Waals surface area (Å²) in [7, 11) is 0. The van der Waals surface area contributed by atoms with E-state index >= 15 is 0 Å². The Morgan fingerprint density at radius 2 is 1.83 bits per heavy atom. The van der Waals surface area contributed by atoms with Crippen LogP contribution in [0.1, 0.15) is 43.7 Å². The number of benzene rings is 1. The maximum absolute atomic E-state index is 11.2. The minimum atomic E-state index is -0.815. The fraction of sp³-hybridized carbons (Fsp3) is 0.500. The van der Waals surface area contributed by atoms with Crippen molar-refractivity contribution in [1.29, 1.82) is 0 Å². The van der Waals surface area contributed by atoms with Gasteiger partial charge in [0.05, 0.1) is 0 Å². The quantitative estimate of drug-likeness (QED) is 0.764. The molecule has 0 radical (unpaired) electrons. The summed E-state index contributed by atoms with van der Waals surface area (Å²) in [5, 5.41) is 9.20. The Morgan fingerprint density at radius 1 is 1.22 bits per heavy atom. The third-order valence-electron chi connectivity index (χ3n) is 3.62. The van der Waals surface area contributed by atoms with E-state index in [2.05, 4.69) is 36.8 Å². The van der Waals surface area contributed by atoms with Gasteiger partial charge in [0.15, 0.2) is 0 Å². The predicted molar refractivity (Wildman–Crippen MR) is 70.4 cm³/mol. The third kappa shape index (κ3) is 2.40. The van der Waals surface area contributed by atoms with E-state index in [0.29, 0.717) is 5.92 Å². The molecule has 1 heterocycles. The molecule has 1 aliphatic rings. The Kier molecular flexibility index (Phi) is 3.68. The van der Waals surface area contributed by atoms with E-state index in [1.54, 1.807) is 0 Å². The zero-order valence-corrected chi connectivity index (χ0v) is 11.0. The molecule has 0 spiro atoms. The van der Waals surface area contributed by atoms with Crippen molar-refractivity contribution in [1.82, 2.24) is 10.9 Å². The van der Waals surface area contributed by atoms with Crippen molar-refractivity contribution in [2.75, 3.05) is 0 Å². The second-order valence-corrected chi connectivity index (χ2v) is 5.24. The van der Waals surface area contributed by atoms with Crippen LogP contribution >= 0.6 is 0 Å².